The molecule has 0 aromatic carbocycles. The van der Waals surface area contributed by atoms with Gasteiger partial charge in [0.05, 0.1) is 0 Å². The summed E-state index contributed by atoms with van der Waals surface area (Å²) in [6, 6.07) is 0. The van der Waals surface area contributed by atoms with E-state index < -0.39 is 0 Å². The molecule has 0 saturated heterocycles. The first-order chi connectivity index (χ1) is 14.5. The van der Waals surface area contributed by atoms with Crippen molar-refractivity contribution in [3.8, 4) is 0 Å². The fourth-order valence-electron chi connectivity index (χ4n) is 10.7. The molecular formula is C30H54O. The van der Waals surface area contributed by atoms with E-state index in [9.17, 15) is 5.11 Å². The van der Waals surface area contributed by atoms with E-state index in [-0.39, 0.29) is 5.41 Å². The summed E-state index contributed by atoms with van der Waals surface area (Å²) in [6.45, 7) is 18.2. The summed E-state index contributed by atoms with van der Waals surface area (Å²) in [5, 5.41) is 11.0. The molecule has 31 heavy (non-hydrogen) atoms. The molecule has 0 aliphatic heterocycles. The van der Waals surface area contributed by atoms with Crippen LogP contribution in [0.3, 0.4) is 0 Å². The second-order valence-corrected chi connectivity index (χ2v) is 14.4. The van der Waals surface area contributed by atoms with Crippen molar-refractivity contribution in [2.24, 2.45) is 57.2 Å². The van der Waals surface area contributed by atoms with E-state index in [4.69, 9.17) is 0 Å². The lowest BCUT2D eigenvalue weighted by atomic mass is 9.38. The molecule has 0 aromatic rings. The zero-order valence-electron chi connectivity index (χ0n) is 22.1. The Kier molecular flexibility index (Phi) is 6.47. The van der Waals surface area contributed by atoms with Crippen LogP contribution in [0.25, 0.3) is 0 Å². The number of hydrogen-bond donors (Lipinski definition) is 1. The molecule has 0 bridgehead atoms. The van der Waals surface area contributed by atoms with Crippen molar-refractivity contribution in [3.05, 3.63) is 0 Å². The highest BCUT2D eigenvalue weighted by molar-refractivity contribution is 5.16. The van der Waals surface area contributed by atoms with E-state index >= 15 is 0 Å². The summed E-state index contributed by atoms with van der Waals surface area (Å²) in [6.07, 6.45) is 16.7. The lowest BCUT2D eigenvalue weighted by Gasteiger charge is -2.67. The lowest BCUT2D eigenvalue weighted by Crippen LogP contribution is -2.61. The smallest absolute Gasteiger partial charge is 0.0495 e. The zero-order valence-corrected chi connectivity index (χ0v) is 22.1. The minimum Gasteiger partial charge on any atom is -0.396 e. The van der Waals surface area contributed by atoms with Gasteiger partial charge in [-0.25, -0.2) is 0 Å². The number of hydrogen-bond acceptors (Lipinski definition) is 1. The third-order valence-electron chi connectivity index (χ3n) is 12.3. The van der Waals surface area contributed by atoms with E-state index in [1.165, 1.54) is 77.0 Å². The molecule has 0 heterocycles. The van der Waals surface area contributed by atoms with Crippen LogP contribution in [0.15, 0.2) is 0 Å². The summed E-state index contributed by atoms with van der Waals surface area (Å²) >= 11 is 0. The summed E-state index contributed by atoms with van der Waals surface area (Å²) in [4.78, 5) is 0. The molecule has 4 fully saturated rings. The molecule has 0 amide bonds. The third kappa shape index (κ3) is 3.57. The van der Waals surface area contributed by atoms with Crippen LogP contribution in [-0.2, 0) is 0 Å². The van der Waals surface area contributed by atoms with Gasteiger partial charge in [0.15, 0.2) is 0 Å². The van der Waals surface area contributed by atoms with Gasteiger partial charge in [0.2, 0.25) is 0 Å². The molecule has 0 radical (unpaired) electrons. The van der Waals surface area contributed by atoms with Gasteiger partial charge in [0.1, 0.15) is 0 Å². The molecule has 4 aliphatic rings. The molecule has 4 saturated carbocycles. The molecule has 0 spiro atoms. The molecule has 8 atom stereocenters. The van der Waals surface area contributed by atoms with Gasteiger partial charge in [0.25, 0.3) is 0 Å². The van der Waals surface area contributed by atoms with Crippen molar-refractivity contribution in [3.63, 3.8) is 0 Å². The fraction of sp³-hybridized carbons (Fsp3) is 1.00. The van der Waals surface area contributed by atoms with Crippen LogP contribution < -0.4 is 0 Å². The predicted molar refractivity (Wildman–Crippen MR) is 133 cm³/mol. The van der Waals surface area contributed by atoms with Crippen molar-refractivity contribution >= 4 is 0 Å². The number of fused-ring (bicyclic) bond motifs is 5. The van der Waals surface area contributed by atoms with Crippen LogP contribution in [0, 0.1) is 57.2 Å². The van der Waals surface area contributed by atoms with Gasteiger partial charge in [-0.2, -0.15) is 0 Å². The first-order valence-electron chi connectivity index (χ1n) is 14.1. The quantitative estimate of drug-likeness (QED) is 0.448. The Morgan fingerprint density at radius 3 is 2.23 bits per heavy atom. The molecule has 4 rings (SSSR count). The van der Waals surface area contributed by atoms with Gasteiger partial charge >= 0.3 is 0 Å². The van der Waals surface area contributed by atoms with Crippen LogP contribution in [0.5, 0.6) is 0 Å². The molecule has 180 valence electrons. The maximum Gasteiger partial charge on any atom is 0.0495 e. The topological polar surface area (TPSA) is 20.2 Å². The maximum atomic E-state index is 11.0. The van der Waals surface area contributed by atoms with Crippen LogP contribution >= 0.6 is 0 Å². The van der Waals surface area contributed by atoms with E-state index in [1.807, 2.05) is 0 Å². The Labute approximate surface area is 194 Å². The van der Waals surface area contributed by atoms with Gasteiger partial charge in [-0.15, -0.1) is 0 Å². The Morgan fingerprint density at radius 2 is 1.55 bits per heavy atom. The van der Waals surface area contributed by atoms with Crippen molar-refractivity contribution in [2.45, 2.75) is 126 Å². The largest absolute Gasteiger partial charge is 0.396 e. The molecule has 1 N–H and O–H groups in total. The Balaban J connectivity index is 1.59. The highest BCUT2D eigenvalue weighted by Crippen LogP contribution is 2.74. The van der Waals surface area contributed by atoms with Crippen LogP contribution in [0.2, 0.25) is 0 Å². The maximum absolute atomic E-state index is 11.0. The predicted octanol–water partition coefficient (Wildman–Crippen LogP) is 8.50. The van der Waals surface area contributed by atoms with Gasteiger partial charge in [-0.1, -0.05) is 74.1 Å². The Bertz CT molecular complexity index is 636. The normalized spacial score (nSPS) is 47.5. The molecule has 4 aliphatic carbocycles. The first-order valence-corrected chi connectivity index (χ1v) is 14.1. The molecule has 0 aromatic heterocycles. The van der Waals surface area contributed by atoms with Crippen LogP contribution in [0.4, 0.5) is 0 Å². The first kappa shape index (κ1) is 24.1. The second-order valence-electron chi connectivity index (χ2n) is 14.4. The monoisotopic (exact) mass is 430 g/mol. The summed E-state index contributed by atoms with van der Waals surface area (Å²) in [5.41, 5.74) is 1.61. The van der Waals surface area contributed by atoms with Gasteiger partial charge in [0, 0.05) is 12.0 Å². The molecule has 1 nitrogen and oxygen atoms in total. The van der Waals surface area contributed by atoms with Crippen molar-refractivity contribution in [1.29, 1.82) is 0 Å². The third-order valence-corrected chi connectivity index (χ3v) is 12.3. The van der Waals surface area contributed by atoms with Gasteiger partial charge < -0.3 is 5.11 Å². The number of aliphatic hydroxyl groups is 1. The van der Waals surface area contributed by atoms with Crippen LogP contribution in [-0.4, -0.2) is 11.7 Å². The Hall–Kier alpha value is -0.0400. The standard InChI is InChI=1S/C30H54O/c1-21(2)10-8-11-22(3)23-14-18-29(7)25-12-13-26-27(4,5)16-9-17-28(26,6)24(25)15-19-30(23,29)20-31/h21-26,31H,8-20H2,1-7H3/t22-,23-,24+,25-,26+,28-,29+,30+/m1/s1. The number of rotatable bonds is 6. The number of aliphatic hydroxyl groups excluding tert-OH is 1. The Morgan fingerprint density at radius 1 is 0.806 bits per heavy atom. The van der Waals surface area contributed by atoms with Crippen molar-refractivity contribution in [1.82, 2.24) is 0 Å². The summed E-state index contributed by atoms with van der Waals surface area (Å²) < 4.78 is 0. The summed E-state index contributed by atoms with van der Waals surface area (Å²) in [7, 11) is 0. The zero-order chi connectivity index (χ0) is 22.7. The van der Waals surface area contributed by atoms with E-state index in [1.54, 1.807) is 0 Å². The van der Waals surface area contributed by atoms with E-state index in [2.05, 4.69) is 48.5 Å². The minimum absolute atomic E-state index is 0.193. The van der Waals surface area contributed by atoms with Crippen LogP contribution in [0.1, 0.15) is 126 Å². The average molecular weight is 431 g/mol. The highest BCUT2D eigenvalue weighted by atomic mass is 16.3. The van der Waals surface area contributed by atoms with Gasteiger partial charge in [-0.3, -0.25) is 0 Å². The van der Waals surface area contributed by atoms with Crippen molar-refractivity contribution in [2.75, 3.05) is 6.61 Å². The molecule has 1 heteroatoms. The van der Waals surface area contributed by atoms with Gasteiger partial charge in [-0.05, 0) is 103 Å². The average Bonchev–Trinajstić information content (AvgIpc) is 3.00. The molecule has 0 unspecified atom stereocenters. The fourth-order valence-corrected chi connectivity index (χ4v) is 10.7. The van der Waals surface area contributed by atoms with E-state index in [0.717, 1.165) is 35.5 Å². The second kappa shape index (κ2) is 8.32. The lowest BCUT2D eigenvalue weighted by molar-refractivity contribution is -0.193. The SMILES string of the molecule is CC(C)CCC[C@@H](C)[C@H]1CC[C@@]2(C)[C@@H]3CC[C@H]4C(C)(C)CCC[C@]4(C)[C@H]3CC[C@]12CO. The molecular weight excluding hydrogens is 376 g/mol. The van der Waals surface area contributed by atoms with Crippen molar-refractivity contribution < 1.29 is 5.11 Å². The minimum atomic E-state index is 0.193. The highest BCUT2D eigenvalue weighted by Gasteiger charge is 2.68. The summed E-state index contributed by atoms with van der Waals surface area (Å²) in [5.74, 6) is 4.97. The van der Waals surface area contributed by atoms with E-state index in [0.29, 0.717) is 22.9 Å².